The lowest BCUT2D eigenvalue weighted by atomic mass is 10.1. The van der Waals surface area contributed by atoms with Crippen molar-refractivity contribution in [3.63, 3.8) is 0 Å². The fourth-order valence-corrected chi connectivity index (χ4v) is 1.90. The van der Waals surface area contributed by atoms with Crippen LogP contribution < -0.4 is 11.1 Å². The SMILES string of the molecule is Nc1ccc(C(O)CNC(=O)N2CCOCC2)cc1. The molecule has 2 rings (SSSR count). The monoisotopic (exact) mass is 265 g/mol. The van der Waals surface area contributed by atoms with E-state index in [1.807, 2.05) is 0 Å². The number of hydrogen-bond donors (Lipinski definition) is 3. The van der Waals surface area contributed by atoms with Gasteiger partial charge in [0.2, 0.25) is 0 Å². The van der Waals surface area contributed by atoms with Crippen LogP contribution in [0.15, 0.2) is 24.3 Å². The third-order valence-electron chi connectivity index (χ3n) is 3.07. The van der Waals surface area contributed by atoms with E-state index in [0.29, 0.717) is 32.0 Å². The molecule has 0 aliphatic carbocycles. The molecule has 104 valence electrons. The lowest BCUT2D eigenvalue weighted by Crippen LogP contribution is -2.47. The van der Waals surface area contributed by atoms with Gasteiger partial charge in [-0.1, -0.05) is 12.1 Å². The number of carbonyl (C=O) groups is 1. The van der Waals surface area contributed by atoms with Gasteiger partial charge in [-0.25, -0.2) is 4.79 Å². The van der Waals surface area contributed by atoms with Crippen molar-refractivity contribution in [3.8, 4) is 0 Å². The number of nitrogens with two attached hydrogens (primary N) is 1. The van der Waals surface area contributed by atoms with Gasteiger partial charge in [0, 0.05) is 25.3 Å². The summed E-state index contributed by atoms with van der Waals surface area (Å²) in [5, 5.41) is 12.7. The average molecular weight is 265 g/mol. The van der Waals surface area contributed by atoms with Crippen molar-refractivity contribution in [2.24, 2.45) is 0 Å². The number of hydrogen-bond acceptors (Lipinski definition) is 4. The van der Waals surface area contributed by atoms with Gasteiger partial charge in [-0.15, -0.1) is 0 Å². The van der Waals surface area contributed by atoms with E-state index in [1.165, 1.54) is 0 Å². The maximum Gasteiger partial charge on any atom is 0.317 e. The van der Waals surface area contributed by atoms with Crippen LogP contribution in [0.1, 0.15) is 11.7 Å². The Hall–Kier alpha value is -1.79. The highest BCUT2D eigenvalue weighted by Crippen LogP contribution is 2.13. The molecular weight excluding hydrogens is 246 g/mol. The molecule has 1 aromatic rings. The zero-order valence-electron chi connectivity index (χ0n) is 10.7. The third kappa shape index (κ3) is 3.84. The molecule has 4 N–H and O–H groups in total. The number of nitrogen functional groups attached to an aromatic ring is 1. The Kier molecular flexibility index (Phi) is 4.59. The lowest BCUT2D eigenvalue weighted by Gasteiger charge is -2.27. The smallest absolute Gasteiger partial charge is 0.317 e. The second kappa shape index (κ2) is 6.40. The second-order valence-corrected chi connectivity index (χ2v) is 4.47. The van der Waals surface area contributed by atoms with Gasteiger partial charge in [-0.2, -0.15) is 0 Å². The minimum atomic E-state index is -0.731. The fourth-order valence-electron chi connectivity index (χ4n) is 1.90. The number of rotatable bonds is 3. The molecule has 6 nitrogen and oxygen atoms in total. The molecular formula is C13H19N3O3. The standard InChI is InChI=1S/C13H19N3O3/c14-11-3-1-10(2-4-11)12(17)9-15-13(18)16-5-7-19-8-6-16/h1-4,12,17H,5-9,14H2,(H,15,18). The molecule has 0 aromatic heterocycles. The lowest BCUT2D eigenvalue weighted by molar-refractivity contribution is 0.0521. The summed E-state index contributed by atoms with van der Waals surface area (Å²) < 4.78 is 5.17. The molecule has 1 aliphatic rings. The number of aliphatic hydroxyl groups is 1. The van der Waals surface area contributed by atoms with E-state index < -0.39 is 6.10 Å². The number of benzene rings is 1. The highest BCUT2D eigenvalue weighted by molar-refractivity contribution is 5.74. The number of aliphatic hydroxyl groups excluding tert-OH is 1. The van der Waals surface area contributed by atoms with Crippen LogP contribution in [-0.4, -0.2) is 48.9 Å². The Bertz CT molecular complexity index is 416. The molecule has 1 atom stereocenters. The van der Waals surface area contributed by atoms with Gasteiger partial charge in [0.15, 0.2) is 0 Å². The maximum absolute atomic E-state index is 11.8. The number of nitrogens with zero attached hydrogens (tertiary/aromatic N) is 1. The van der Waals surface area contributed by atoms with Crippen LogP contribution in [0.25, 0.3) is 0 Å². The first kappa shape index (κ1) is 13.6. The normalized spacial score (nSPS) is 17.0. The molecule has 1 unspecified atom stereocenters. The van der Waals surface area contributed by atoms with Crippen LogP contribution in [-0.2, 0) is 4.74 Å². The second-order valence-electron chi connectivity index (χ2n) is 4.47. The van der Waals surface area contributed by atoms with E-state index >= 15 is 0 Å². The number of nitrogens with one attached hydrogen (secondary N) is 1. The summed E-state index contributed by atoms with van der Waals surface area (Å²) in [4.78, 5) is 13.5. The van der Waals surface area contributed by atoms with Crippen LogP contribution in [0.3, 0.4) is 0 Å². The predicted molar refractivity (Wildman–Crippen MR) is 71.6 cm³/mol. The van der Waals surface area contributed by atoms with Gasteiger partial charge >= 0.3 is 6.03 Å². The van der Waals surface area contributed by atoms with Gasteiger partial charge < -0.3 is 25.8 Å². The molecule has 0 saturated carbocycles. The van der Waals surface area contributed by atoms with Crippen molar-refractivity contribution in [1.82, 2.24) is 10.2 Å². The topological polar surface area (TPSA) is 87.8 Å². The van der Waals surface area contributed by atoms with Crippen LogP contribution in [0.4, 0.5) is 10.5 Å². The zero-order valence-corrected chi connectivity index (χ0v) is 10.7. The van der Waals surface area contributed by atoms with Crippen LogP contribution >= 0.6 is 0 Å². The van der Waals surface area contributed by atoms with E-state index in [1.54, 1.807) is 29.2 Å². The molecule has 1 saturated heterocycles. The third-order valence-corrected chi connectivity index (χ3v) is 3.07. The van der Waals surface area contributed by atoms with Crippen LogP contribution in [0, 0.1) is 0 Å². The summed E-state index contributed by atoms with van der Waals surface area (Å²) in [5.41, 5.74) is 6.96. The Morgan fingerprint density at radius 1 is 1.37 bits per heavy atom. The Morgan fingerprint density at radius 3 is 2.63 bits per heavy atom. The largest absolute Gasteiger partial charge is 0.399 e. The maximum atomic E-state index is 11.8. The quantitative estimate of drug-likeness (QED) is 0.688. The Morgan fingerprint density at radius 2 is 2.00 bits per heavy atom. The predicted octanol–water partition coefficient (Wildman–Crippen LogP) is 0.344. The van der Waals surface area contributed by atoms with Crippen molar-refractivity contribution in [1.29, 1.82) is 0 Å². The molecule has 2 amide bonds. The summed E-state index contributed by atoms with van der Waals surface area (Å²) in [6, 6.07) is 6.78. The minimum absolute atomic E-state index is 0.169. The summed E-state index contributed by atoms with van der Waals surface area (Å²) in [6.07, 6.45) is -0.731. The molecule has 1 heterocycles. The van der Waals surface area contributed by atoms with E-state index in [4.69, 9.17) is 10.5 Å². The molecule has 1 aliphatic heterocycles. The number of anilines is 1. The summed E-state index contributed by atoms with van der Waals surface area (Å²) >= 11 is 0. The van der Waals surface area contributed by atoms with E-state index in [-0.39, 0.29) is 12.6 Å². The van der Waals surface area contributed by atoms with Crippen molar-refractivity contribution in [2.75, 3.05) is 38.6 Å². The number of carbonyl (C=O) groups excluding carboxylic acids is 1. The highest BCUT2D eigenvalue weighted by atomic mass is 16.5. The number of urea groups is 1. The molecule has 0 spiro atoms. The average Bonchev–Trinajstić information content (AvgIpc) is 2.46. The summed E-state index contributed by atoms with van der Waals surface area (Å²) in [7, 11) is 0. The first-order chi connectivity index (χ1) is 9.16. The number of amides is 2. The molecule has 6 heteroatoms. The molecule has 1 fully saturated rings. The highest BCUT2D eigenvalue weighted by Gasteiger charge is 2.17. The van der Waals surface area contributed by atoms with Crippen molar-refractivity contribution >= 4 is 11.7 Å². The van der Waals surface area contributed by atoms with Crippen molar-refractivity contribution in [2.45, 2.75) is 6.10 Å². The molecule has 0 radical (unpaired) electrons. The van der Waals surface area contributed by atoms with Crippen LogP contribution in [0.5, 0.6) is 0 Å². The van der Waals surface area contributed by atoms with Gasteiger partial charge in [-0.3, -0.25) is 0 Å². The van der Waals surface area contributed by atoms with Gasteiger partial charge in [-0.05, 0) is 17.7 Å². The van der Waals surface area contributed by atoms with E-state index in [0.717, 1.165) is 5.56 Å². The molecule has 0 bridgehead atoms. The molecule has 1 aromatic carbocycles. The van der Waals surface area contributed by atoms with Crippen molar-refractivity contribution in [3.05, 3.63) is 29.8 Å². The van der Waals surface area contributed by atoms with Gasteiger partial charge in [0.1, 0.15) is 0 Å². The zero-order chi connectivity index (χ0) is 13.7. The number of ether oxygens (including phenoxy) is 1. The van der Waals surface area contributed by atoms with E-state index in [9.17, 15) is 9.90 Å². The first-order valence-corrected chi connectivity index (χ1v) is 6.31. The van der Waals surface area contributed by atoms with Crippen molar-refractivity contribution < 1.29 is 14.6 Å². The first-order valence-electron chi connectivity index (χ1n) is 6.31. The molecule has 19 heavy (non-hydrogen) atoms. The Balaban J connectivity index is 1.80. The van der Waals surface area contributed by atoms with E-state index in [2.05, 4.69) is 5.32 Å². The summed E-state index contributed by atoms with van der Waals surface area (Å²) in [6.45, 7) is 2.48. The van der Waals surface area contributed by atoms with Crippen LogP contribution in [0.2, 0.25) is 0 Å². The fraction of sp³-hybridized carbons (Fsp3) is 0.462. The Labute approximate surface area is 112 Å². The van der Waals surface area contributed by atoms with Gasteiger partial charge in [0.05, 0.1) is 19.3 Å². The number of morpholine rings is 1. The summed E-state index contributed by atoms with van der Waals surface area (Å²) in [5.74, 6) is 0. The van der Waals surface area contributed by atoms with Gasteiger partial charge in [0.25, 0.3) is 0 Å². The minimum Gasteiger partial charge on any atom is -0.399 e.